The molecule has 7 heteroatoms. The Balaban J connectivity index is 2.54. The highest BCUT2D eigenvalue weighted by atomic mass is 35.5. The van der Waals surface area contributed by atoms with Gasteiger partial charge in [-0.25, -0.2) is 5.43 Å². The Morgan fingerprint density at radius 2 is 1.95 bits per heavy atom. The van der Waals surface area contributed by atoms with Crippen LogP contribution in [0.15, 0.2) is 23.3 Å². The lowest BCUT2D eigenvalue weighted by atomic mass is 9.76. The molecule has 2 atom stereocenters. The minimum Gasteiger partial charge on any atom is -0.272 e. The molecule has 1 aliphatic rings. The Hall–Kier alpha value is -2.08. The molecule has 0 bridgehead atoms. The van der Waals surface area contributed by atoms with Crippen molar-refractivity contribution >= 4 is 34.8 Å². The normalized spacial score (nSPS) is 18.7. The van der Waals surface area contributed by atoms with Gasteiger partial charge in [-0.05, 0) is 24.6 Å². The standard InChI is InChI=1S/C14H10Cl2N4O/c1-7-12(14(21)20-19-7)13(9(5-17)6-18)8-2-3-10(15)11(16)4-8/h2-4,9,12-13H,1H3,(H,20,21). The highest BCUT2D eigenvalue weighted by Crippen LogP contribution is 2.37. The number of halogens is 2. The number of amides is 1. The molecule has 1 aromatic carbocycles. The van der Waals surface area contributed by atoms with E-state index in [9.17, 15) is 15.3 Å². The first-order chi connectivity index (χ1) is 9.99. The molecule has 0 radical (unpaired) electrons. The van der Waals surface area contributed by atoms with Gasteiger partial charge in [-0.1, -0.05) is 29.3 Å². The first-order valence-electron chi connectivity index (χ1n) is 6.07. The summed E-state index contributed by atoms with van der Waals surface area (Å²) in [6.45, 7) is 1.68. The van der Waals surface area contributed by atoms with Crippen molar-refractivity contribution in [1.29, 1.82) is 10.5 Å². The molecule has 21 heavy (non-hydrogen) atoms. The van der Waals surface area contributed by atoms with Gasteiger partial charge in [0.1, 0.15) is 5.92 Å². The zero-order valence-corrected chi connectivity index (χ0v) is 12.5. The maximum atomic E-state index is 12.0. The Bertz CT molecular complexity index is 688. The van der Waals surface area contributed by atoms with Crippen LogP contribution >= 0.6 is 23.2 Å². The fraction of sp³-hybridized carbons (Fsp3) is 0.286. The van der Waals surface area contributed by atoms with Crippen LogP contribution in [-0.4, -0.2) is 11.6 Å². The number of hydrazone groups is 1. The van der Waals surface area contributed by atoms with Crippen LogP contribution in [0.1, 0.15) is 18.4 Å². The second kappa shape index (κ2) is 6.13. The van der Waals surface area contributed by atoms with Crippen molar-refractivity contribution in [3.63, 3.8) is 0 Å². The van der Waals surface area contributed by atoms with E-state index in [0.29, 0.717) is 21.3 Å². The topological polar surface area (TPSA) is 89.0 Å². The third-order valence-corrected chi connectivity index (χ3v) is 4.14. The van der Waals surface area contributed by atoms with Gasteiger partial charge in [0.15, 0.2) is 0 Å². The minimum absolute atomic E-state index is 0.307. The van der Waals surface area contributed by atoms with Crippen LogP contribution in [0, 0.1) is 34.5 Å². The van der Waals surface area contributed by atoms with Gasteiger partial charge in [-0.15, -0.1) is 0 Å². The van der Waals surface area contributed by atoms with Gasteiger partial charge in [0.05, 0.1) is 28.1 Å². The summed E-state index contributed by atoms with van der Waals surface area (Å²) in [4.78, 5) is 12.0. The molecule has 1 aliphatic heterocycles. The van der Waals surface area contributed by atoms with E-state index in [1.807, 2.05) is 12.1 Å². The summed E-state index contributed by atoms with van der Waals surface area (Å²) < 4.78 is 0. The Morgan fingerprint density at radius 3 is 2.43 bits per heavy atom. The Morgan fingerprint density at radius 1 is 1.29 bits per heavy atom. The van der Waals surface area contributed by atoms with Crippen LogP contribution in [0.4, 0.5) is 0 Å². The zero-order valence-electron chi connectivity index (χ0n) is 11.0. The molecular weight excluding hydrogens is 311 g/mol. The number of nitriles is 2. The summed E-state index contributed by atoms with van der Waals surface area (Å²) in [7, 11) is 0. The highest BCUT2D eigenvalue weighted by Gasteiger charge is 2.40. The number of carbonyl (C=O) groups is 1. The van der Waals surface area contributed by atoms with E-state index in [0.717, 1.165) is 0 Å². The lowest BCUT2D eigenvalue weighted by Gasteiger charge is -2.23. The predicted molar refractivity (Wildman–Crippen MR) is 78.7 cm³/mol. The third kappa shape index (κ3) is 2.85. The molecule has 5 nitrogen and oxygen atoms in total. The monoisotopic (exact) mass is 320 g/mol. The van der Waals surface area contributed by atoms with Crippen LogP contribution in [0.3, 0.4) is 0 Å². The van der Waals surface area contributed by atoms with E-state index >= 15 is 0 Å². The molecule has 1 amide bonds. The van der Waals surface area contributed by atoms with Crippen LogP contribution < -0.4 is 5.43 Å². The van der Waals surface area contributed by atoms with Gasteiger partial charge in [0, 0.05) is 11.6 Å². The first-order valence-corrected chi connectivity index (χ1v) is 6.83. The quantitative estimate of drug-likeness (QED) is 0.928. The largest absolute Gasteiger partial charge is 0.272 e. The molecule has 0 fully saturated rings. The number of carbonyl (C=O) groups excluding carboxylic acids is 1. The number of rotatable bonds is 3. The maximum Gasteiger partial charge on any atom is 0.249 e. The molecule has 1 aromatic rings. The van der Waals surface area contributed by atoms with Crippen molar-refractivity contribution in [2.75, 3.05) is 0 Å². The molecule has 0 saturated carbocycles. The van der Waals surface area contributed by atoms with Gasteiger partial charge in [0.25, 0.3) is 0 Å². The second-order valence-corrected chi connectivity index (χ2v) is 5.46. The molecule has 2 rings (SSSR count). The molecular formula is C14H10Cl2N4O. The molecule has 0 aromatic heterocycles. The van der Waals surface area contributed by atoms with E-state index < -0.39 is 17.8 Å². The molecule has 106 valence electrons. The maximum absolute atomic E-state index is 12.0. The van der Waals surface area contributed by atoms with Crippen LogP contribution in [0.5, 0.6) is 0 Å². The van der Waals surface area contributed by atoms with Crippen molar-refractivity contribution in [3.05, 3.63) is 33.8 Å². The smallest absolute Gasteiger partial charge is 0.249 e. The first kappa shape index (κ1) is 15.3. The summed E-state index contributed by atoms with van der Waals surface area (Å²) in [6, 6.07) is 8.69. The average molecular weight is 321 g/mol. The third-order valence-electron chi connectivity index (χ3n) is 3.40. The molecule has 0 saturated heterocycles. The van der Waals surface area contributed by atoms with E-state index in [2.05, 4.69) is 10.5 Å². The number of hydrogen-bond donors (Lipinski definition) is 1. The lowest BCUT2D eigenvalue weighted by molar-refractivity contribution is -0.122. The highest BCUT2D eigenvalue weighted by molar-refractivity contribution is 6.42. The number of hydrogen-bond acceptors (Lipinski definition) is 4. The zero-order chi connectivity index (χ0) is 15.6. The van der Waals surface area contributed by atoms with E-state index in [4.69, 9.17) is 23.2 Å². The van der Waals surface area contributed by atoms with E-state index in [1.165, 1.54) is 0 Å². The summed E-state index contributed by atoms with van der Waals surface area (Å²) in [5, 5.41) is 23.0. The lowest BCUT2D eigenvalue weighted by Crippen LogP contribution is -2.32. The van der Waals surface area contributed by atoms with Gasteiger partial charge >= 0.3 is 0 Å². The molecule has 1 N–H and O–H groups in total. The summed E-state index contributed by atoms with van der Waals surface area (Å²) >= 11 is 11.9. The fourth-order valence-corrected chi connectivity index (χ4v) is 2.69. The summed E-state index contributed by atoms with van der Waals surface area (Å²) in [6.07, 6.45) is 0. The van der Waals surface area contributed by atoms with Gasteiger partial charge < -0.3 is 0 Å². The average Bonchev–Trinajstić information content (AvgIpc) is 2.79. The van der Waals surface area contributed by atoms with E-state index in [-0.39, 0.29) is 5.91 Å². The SMILES string of the molecule is CC1=NNC(=O)C1C(c1ccc(Cl)c(Cl)c1)C(C#N)C#N. The Labute approximate surface area is 131 Å². The van der Waals surface area contributed by atoms with Crippen LogP contribution in [0.25, 0.3) is 0 Å². The van der Waals surface area contributed by atoms with E-state index in [1.54, 1.807) is 25.1 Å². The van der Waals surface area contributed by atoms with Gasteiger partial charge in [-0.3, -0.25) is 4.79 Å². The Kier molecular flexibility index (Phi) is 4.47. The van der Waals surface area contributed by atoms with Crippen LogP contribution in [0.2, 0.25) is 10.0 Å². The summed E-state index contributed by atoms with van der Waals surface area (Å²) in [5.74, 6) is -2.66. The second-order valence-electron chi connectivity index (χ2n) is 4.64. The number of nitrogens with zero attached hydrogens (tertiary/aromatic N) is 3. The summed E-state index contributed by atoms with van der Waals surface area (Å²) in [5.41, 5.74) is 3.51. The van der Waals surface area contributed by atoms with Crippen molar-refractivity contribution in [1.82, 2.24) is 5.43 Å². The van der Waals surface area contributed by atoms with Crippen LogP contribution in [-0.2, 0) is 4.79 Å². The van der Waals surface area contributed by atoms with Gasteiger partial charge in [-0.2, -0.15) is 15.6 Å². The van der Waals surface area contributed by atoms with Crippen molar-refractivity contribution in [3.8, 4) is 12.1 Å². The van der Waals surface area contributed by atoms with Gasteiger partial charge in [0.2, 0.25) is 5.91 Å². The molecule has 0 spiro atoms. The van der Waals surface area contributed by atoms with Crippen molar-refractivity contribution in [2.45, 2.75) is 12.8 Å². The molecule has 1 heterocycles. The van der Waals surface area contributed by atoms with Crippen molar-refractivity contribution in [2.24, 2.45) is 16.9 Å². The minimum atomic E-state index is -0.999. The molecule has 0 aliphatic carbocycles. The number of benzene rings is 1. The number of nitrogens with one attached hydrogen (secondary N) is 1. The molecule has 2 unspecified atom stereocenters. The fourth-order valence-electron chi connectivity index (χ4n) is 2.38. The predicted octanol–water partition coefficient (Wildman–Crippen LogP) is 2.86. The van der Waals surface area contributed by atoms with Crippen molar-refractivity contribution < 1.29 is 4.79 Å².